The van der Waals surface area contributed by atoms with Crippen LogP contribution in [-0.2, 0) is 4.74 Å². The molecular formula is C9H17N5O. The number of nitrogens with two attached hydrogens (primary N) is 1. The molecule has 4 N–H and O–H groups in total. The smallest absolute Gasteiger partial charge is 0.239 e. The standard InChI is InChI=1S/C9H17N5O/c1-6-4-12-9(14-10)13-8(6)11-5-7(2)15-3/h4,7H,5,10H2,1-3H3,(H2,11,12,13,14). The molecular weight excluding hydrogens is 194 g/mol. The second-order valence-electron chi connectivity index (χ2n) is 3.30. The number of aromatic nitrogens is 2. The minimum absolute atomic E-state index is 0.133. The van der Waals surface area contributed by atoms with E-state index in [0.29, 0.717) is 12.5 Å². The number of nitrogen functional groups attached to an aromatic ring is 1. The van der Waals surface area contributed by atoms with Crippen LogP contribution in [0.15, 0.2) is 6.20 Å². The third kappa shape index (κ3) is 3.34. The molecule has 1 aromatic rings. The van der Waals surface area contributed by atoms with E-state index >= 15 is 0 Å². The molecule has 6 heteroatoms. The Bertz CT molecular complexity index is 317. The molecule has 0 aliphatic rings. The van der Waals surface area contributed by atoms with Crippen molar-refractivity contribution >= 4 is 11.8 Å². The molecule has 0 bridgehead atoms. The molecule has 1 heterocycles. The number of aryl methyl sites for hydroxylation is 1. The summed E-state index contributed by atoms with van der Waals surface area (Å²) in [5, 5.41) is 3.17. The van der Waals surface area contributed by atoms with Crippen molar-refractivity contribution < 1.29 is 4.74 Å². The molecule has 6 nitrogen and oxygen atoms in total. The average molecular weight is 211 g/mol. The van der Waals surface area contributed by atoms with Crippen LogP contribution < -0.4 is 16.6 Å². The van der Waals surface area contributed by atoms with E-state index in [4.69, 9.17) is 10.6 Å². The molecule has 1 rings (SSSR count). The van der Waals surface area contributed by atoms with Gasteiger partial charge >= 0.3 is 0 Å². The van der Waals surface area contributed by atoms with Gasteiger partial charge in [0.1, 0.15) is 5.82 Å². The second kappa shape index (κ2) is 5.47. The maximum absolute atomic E-state index is 5.22. The van der Waals surface area contributed by atoms with Crippen molar-refractivity contribution in [3.63, 3.8) is 0 Å². The molecule has 1 aromatic heterocycles. The zero-order valence-corrected chi connectivity index (χ0v) is 9.24. The molecule has 0 amide bonds. The summed E-state index contributed by atoms with van der Waals surface area (Å²) in [6.07, 6.45) is 1.84. The number of nitrogens with one attached hydrogen (secondary N) is 2. The summed E-state index contributed by atoms with van der Waals surface area (Å²) >= 11 is 0. The second-order valence-corrected chi connectivity index (χ2v) is 3.30. The van der Waals surface area contributed by atoms with Gasteiger partial charge in [-0.25, -0.2) is 10.8 Å². The molecule has 0 spiro atoms. The number of hydrazine groups is 1. The molecule has 15 heavy (non-hydrogen) atoms. The number of rotatable bonds is 5. The fourth-order valence-corrected chi connectivity index (χ4v) is 1.01. The third-order valence-electron chi connectivity index (χ3n) is 2.06. The van der Waals surface area contributed by atoms with E-state index in [0.717, 1.165) is 11.4 Å². The molecule has 0 saturated carbocycles. The SMILES string of the molecule is COC(C)CNc1nc(NN)ncc1C. The maximum Gasteiger partial charge on any atom is 0.239 e. The van der Waals surface area contributed by atoms with E-state index in [1.54, 1.807) is 13.3 Å². The van der Waals surface area contributed by atoms with Crippen molar-refractivity contribution in [1.82, 2.24) is 9.97 Å². The van der Waals surface area contributed by atoms with Crippen LogP contribution in [0.25, 0.3) is 0 Å². The van der Waals surface area contributed by atoms with Crippen LogP contribution in [0, 0.1) is 6.92 Å². The van der Waals surface area contributed by atoms with E-state index in [9.17, 15) is 0 Å². The quantitative estimate of drug-likeness (QED) is 0.486. The van der Waals surface area contributed by atoms with Gasteiger partial charge in [0.2, 0.25) is 5.95 Å². The highest BCUT2D eigenvalue weighted by Crippen LogP contribution is 2.11. The Morgan fingerprint density at radius 1 is 1.60 bits per heavy atom. The largest absolute Gasteiger partial charge is 0.380 e. The van der Waals surface area contributed by atoms with Crippen molar-refractivity contribution in [2.45, 2.75) is 20.0 Å². The van der Waals surface area contributed by atoms with Crippen molar-refractivity contribution in [2.24, 2.45) is 5.84 Å². The first-order chi connectivity index (χ1) is 7.17. The van der Waals surface area contributed by atoms with Gasteiger partial charge in [-0.2, -0.15) is 4.98 Å². The van der Waals surface area contributed by atoms with Gasteiger partial charge in [-0.3, -0.25) is 5.43 Å². The summed E-state index contributed by atoms with van der Waals surface area (Å²) in [4.78, 5) is 8.17. The summed E-state index contributed by atoms with van der Waals surface area (Å²) in [7, 11) is 1.67. The van der Waals surface area contributed by atoms with Crippen molar-refractivity contribution in [3.8, 4) is 0 Å². The summed E-state index contributed by atoms with van der Waals surface area (Å²) < 4.78 is 5.12. The van der Waals surface area contributed by atoms with Crippen LogP contribution in [0.2, 0.25) is 0 Å². The van der Waals surface area contributed by atoms with Gasteiger partial charge in [-0.1, -0.05) is 0 Å². The third-order valence-corrected chi connectivity index (χ3v) is 2.06. The summed E-state index contributed by atoms with van der Waals surface area (Å²) in [6, 6.07) is 0. The normalized spacial score (nSPS) is 12.3. The molecule has 1 unspecified atom stereocenters. The Hall–Kier alpha value is -1.40. The van der Waals surface area contributed by atoms with Gasteiger partial charge in [-0.15, -0.1) is 0 Å². The summed E-state index contributed by atoms with van der Waals surface area (Å²) in [5.74, 6) is 6.39. The Balaban J connectivity index is 2.66. The van der Waals surface area contributed by atoms with Gasteiger partial charge in [0.15, 0.2) is 0 Å². The first-order valence-electron chi connectivity index (χ1n) is 4.74. The number of hydrogen-bond donors (Lipinski definition) is 3. The highest BCUT2D eigenvalue weighted by atomic mass is 16.5. The molecule has 0 aliphatic carbocycles. The lowest BCUT2D eigenvalue weighted by Gasteiger charge is -2.13. The minimum Gasteiger partial charge on any atom is -0.380 e. The van der Waals surface area contributed by atoms with Crippen molar-refractivity contribution in [3.05, 3.63) is 11.8 Å². The molecule has 0 fully saturated rings. The maximum atomic E-state index is 5.22. The predicted octanol–water partition coefficient (Wildman–Crippen LogP) is 0.517. The molecule has 0 aliphatic heterocycles. The van der Waals surface area contributed by atoms with Gasteiger partial charge in [-0.05, 0) is 13.8 Å². The van der Waals surface area contributed by atoms with Crippen LogP contribution in [0.5, 0.6) is 0 Å². The molecule has 0 saturated heterocycles. The first-order valence-corrected chi connectivity index (χ1v) is 4.74. The number of hydrogen-bond acceptors (Lipinski definition) is 6. The van der Waals surface area contributed by atoms with E-state index in [2.05, 4.69) is 20.7 Å². The minimum atomic E-state index is 0.133. The van der Waals surface area contributed by atoms with Crippen molar-refractivity contribution in [1.29, 1.82) is 0 Å². The Morgan fingerprint density at radius 3 is 2.93 bits per heavy atom. The van der Waals surface area contributed by atoms with Crippen LogP contribution in [0.4, 0.5) is 11.8 Å². The fraction of sp³-hybridized carbons (Fsp3) is 0.556. The fourth-order valence-electron chi connectivity index (χ4n) is 1.01. The van der Waals surface area contributed by atoms with E-state index in [1.807, 2.05) is 13.8 Å². The van der Waals surface area contributed by atoms with E-state index < -0.39 is 0 Å². The van der Waals surface area contributed by atoms with Gasteiger partial charge in [0.25, 0.3) is 0 Å². The zero-order chi connectivity index (χ0) is 11.3. The van der Waals surface area contributed by atoms with Gasteiger partial charge in [0.05, 0.1) is 6.10 Å². The zero-order valence-electron chi connectivity index (χ0n) is 9.24. The Morgan fingerprint density at radius 2 is 2.33 bits per heavy atom. The predicted molar refractivity (Wildman–Crippen MR) is 59.5 cm³/mol. The number of anilines is 2. The Labute approximate surface area is 89.2 Å². The topological polar surface area (TPSA) is 85.1 Å². The van der Waals surface area contributed by atoms with Crippen LogP contribution in [0.1, 0.15) is 12.5 Å². The van der Waals surface area contributed by atoms with Gasteiger partial charge in [0, 0.05) is 25.4 Å². The highest BCUT2D eigenvalue weighted by molar-refractivity contribution is 5.46. The lowest BCUT2D eigenvalue weighted by atomic mass is 10.3. The Kier molecular flexibility index (Phi) is 4.26. The number of nitrogens with zero attached hydrogens (tertiary/aromatic N) is 2. The van der Waals surface area contributed by atoms with Crippen LogP contribution in [0.3, 0.4) is 0 Å². The van der Waals surface area contributed by atoms with Crippen LogP contribution in [-0.4, -0.2) is 29.7 Å². The number of ether oxygens (including phenoxy) is 1. The average Bonchev–Trinajstić information content (AvgIpc) is 2.27. The highest BCUT2D eigenvalue weighted by Gasteiger charge is 2.04. The molecule has 0 radical (unpaired) electrons. The monoisotopic (exact) mass is 211 g/mol. The molecule has 0 aromatic carbocycles. The first kappa shape index (κ1) is 11.7. The summed E-state index contributed by atoms with van der Waals surface area (Å²) in [5.41, 5.74) is 3.37. The lowest BCUT2D eigenvalue weighted by molar-refractivity contribution is 0.128. The summed E-state index contributed by atoms with van der Waals surface area (Å²) in [6.45, 7) is 4.60. The van der Waals surface area contributed by atoms with Gasteiger partial charge < -0.3 is 10.1 Å². The van der Waals surface area contributed by atoms with E-state index in [1.165, 1.54) is 0 Å². The van der Waals surface area contributed by atoms with E-state index in [-0.39, 0.29) is 6.10 Å². The lowest BCUT2D eigenvalue weighted by Crippen LogP contribution is -2.20. The van der Waals surface area contributed by atoms with Crippen molar-refractivity contribution in [2.75, 3.05) is 24.4 Å². The molecule has 84 valence electrons. The molecule has 1 atom stereocenters. The number of methoxy groups -OCH3 is 1. The van der Waals surface area contributed by atoms with Crippen LogP contribution >= 0.6 is 0 Å².